The van der Waals surface area contributed by atoms with E-state index in [1.54, 1.807) is 0 Å². The fourth-order valence-corrected chi connectivity index (χ4v) is 1.59. The number of nitrogens with two attached hydrogens (primary N) is 1. The molecule has 0 bridgehead atoms. The molecule has 0 spiro atoms. The lowest BCUT2D eigenvalue weighted by Gasteiger charge is -2.12. The third-order valence-electron chi connectivity index (χ3n) is 2.08. The van der Waals surface area contributed by atoms with Crippen LogP contribution in [-0.2, 0) is 0 Å². The minimum atomic E-state index is 0.00985. The zero-order valence-electron chi connectivity index (χ0n) is 8.91. The smallest absolute Gasteiger partial charge is 0.125 e. The lowest BCUT2D eigenvalue weighted by Crippen LogP contribution is -2.11. The third-order valence-corrected chi connectivity index (χ3v) is 2.32. The summed E-state index contributed by atoms with van der Waals surface area (Å²) in [6, 6.07) is 3.78. The molecule has 3 N–H and O–H groups in total. The van der Waals surface area contributed by atoms with E-state index >= 15 is 0 Å². The summed E-state index contributed by atoms with van der Waals surface area (Å²) in [5, 5.41) is 8.69. The molecule has 3 nitrogen and oxygen atoms in total. The number of hydrogen-bond donors (Lipinski definition) is 2. The molecule has 0 unspecified atom stereocenters. The van der Waals surface area contributed by atoms with Crippen molar-refractivity contribution in [1.82, 2.24) is 0 Å². The van der Waals surface area contributed by atoms with Gasteiger partial charge in [0, 0.05) is 5.56 Å². The molecule has 0 atom stereocenters. The van der Waals surface area contributed by atoms with Crippen LogP contribution in [0.1, 0.15) is 16.7 Å². The molecule has 4 heteroatoms. The summed E-state index contributed by atoms with van der Waals surface area (Å²) in [4.78, 5) is 0.384. The number of ether oxygens (including phenoxy) is 1. The van der Waals surface area contributed by atoms with E-state index in [2.05, 4.69) is 0 Å². The van der Waals surface area contributed by atoms with Crippen molar-refractivity contribution in [3.8, 4) is 5.75 Å². The van der Waals surface area contributed by atoms with Crippen molar-refractivity contribution in [1.29, 1.82) is 0 Å². The van der Waals surface area contributed by atoms with Crippen molar-refractivity contribution in [2.24, 2.45) is 5.73 Å². The zero-order chi connectivity index (χ0) is 11.4. The van der Waals surface area contributed by atoms with E-state index in [1.165, 1.54) is 0 Å². The summed E-state index contributed by atoms with van der Waals surface area (Å²) >= 11 is 4.91. The maximum absolute atomic E-state index is 8.69. The quantitative estimate of drug-likeness (QED) is 0.759. The van der Waals surface area contributed by atoms with E-state index in [9.17, 15) is 0 Å². The Balaban J connectivity index is 3.04. The van der Waals surface area contributed by atoms with Gasteiger partial charge in [-0.05, 0) is 37.1 Å². The number of benzene rings is 1. The average molecular weight is 225 g/mol. The second-order valence-electron chi connectivity index (χ2n) is 3.38. The number of hydrogen-bond acceptors (Lipinski definition) is 3. The van der Waals surface area contributed by atoms with Crippen LogP contribution in [0.2, 0.25) is 0 Å². The Hall–Kier alpha value is -1.13. The monoisotopic (exact) mass is 225 g/mol. The molecule has 0 saturated heterocycles. The van der Waals surface area contributed by atoms with Crippen molar-refractivity contribution < 1.29 is 9.84 Å². The first-order valence-corrected chi connectivity index (χ1v) is 5.11. The van der Waals surface area contributed by atoms with Gasteiger partial charge in [-0.1, -0.05) is 12.2 Å². The van der Waals surface area contributed by atoms with Crippen LogP contribution >= 0.6 is 12.2 Å². The second kappa shape index (κ2) is 5.09. The Bertz CT molecular complexity index is 354. The summed E-state index contributed by atoms with van der Waals surface area (Å²) < 4.78 is 5.42. The van der Waals surface area contributed by atoms with Crippen LogP contribution in [-0.4, -0.2) is 23.3 Å². The van der Waals surface area contributed by atoms with Crippen LogP contribution in [0.25, 0.3) is 0 Å². The molecule has 0 aliphatic heterocycles. The van der Waals surface area contributed by atoms with Gasteiger partial charge in [0.25, 0.3) is 0 Å². The SMILES string of the molecule is Cc1cc(C(N)=S)cc(C)c1OCCO. The van der Waals surface area contributed by atoms with Crippen LogP contribution < -0.4 is 10.5 Å². The normalized spacial score (nSPS) is 10.1. The molecule has 0 heterocycles. The van der Waals surface area contributed by atoms with Gasteiger partial charge < -0.3 is 15.6 Å². The standard InChI is InChI=1S/C11H15NO2S/c1-7-5-9(11(12)15)6-8(2)10(7)14-4-3-13/h5-6,13H,3-4H2,1-2H3,(H2,12,15). The number of aliphatic hydroxyl groups is 1. The highest BCUT2D eigenvalue weighted by atomic mass is 32.1. The van der Waals surface area contributed by atoms with Crippen LogP contribution in [0.3, 0.4) is 0 Å². The van der Waals surface area contributed by atoms with Gasteiger partial charge >= 0.3 is 0 Å². The fourth-order valence-electron chi connectivity index (χ4n) is 1.47. The van der Waals surface area contributed by atoms with Crippen molar-refractivity contribution >= 4 is 17.2 Å². The maximum Gasteiger partial charge on any atom is 0.125 e. The first-order chi connectivity index (χ1) is 7.06. The lowest BCUT2D eigenvalue weighted by molar-refractivity contribution is 0.200. The third kappa shape index (κ3) is 2.91. The topological polar surface area (TPSA) is 55.5 Å². The summed E-state index contributed by atoms with van der Waals surface area (Å²) in [6.07, 6.45) is 0. The van der Waals surface area contributed by atoms with Crippen molar-refractivity contribution in [3.05, 3.63) is 28.8 Å². The van der Waals surface area contributed by atoms with Gasteiger partial charge in [0.05, 0.1) is 6.61 Å². The Kier molecular flexibility index (Phi) is 4.05. The number of rotatable bonds is 4. The minimum absolute atomic E-state index is 0.00985. The minimum Gasteiger partial charge on any atom is -0.491 e. The summed E-state index contributed by atoms with van der Waals surface area (Å²) in [7, 11) is 0. The molecule has 0 aliphatic rings. The molecule has 0 amide bonds. The van der Waals surface area contributed by atoms with Crippen molar-refractivity contribution in [3.63, 3.8) is 0 Å². The maximum atomic E-state index is 8.69. The second-order valence-corrected chi connectivity index (χ2v) is 3.82. The summed E-state index contributed by atoms with van der Waals surface area (Å²) in [6.45, 7) is 4.17. The highest BCUT2D eigenvalue weighted by molar-refractivity contribution is 7.80. The van der Waals surface area contributed by atoms with Gasteiger partial charge in [0.2, 0.25) is 0 Å². The molecular weight excluding hydrogens is 210 g/mol. The van der Waals surface area contributed by atoms with E-state index in [0.717, 1.165) is 22.4 Å². The van der Waals surface area contributed by atoms with E-state index in [-0.39, 0.29) is 6.61 Å². The molecule has 0 aliphatic carbocycles. The molecule has 1 rings (SSSR count). The first kappa shape index (κ1) is 11.9. The summed E-state index contributed by atoms with van der Waals surface area (Å²) in [5.74, 6) is 0.795. The van der Waals surface area contributed by atoms with Gasteiger partial charge in [-0.25, -0.2) is 0 Å². The number of aryl methyl sites for hydroxylation is 2. The van der Waals surface area contributed by atoms with Gasteiger partial charge in [0.15, 0.2) is 0 Å². The molecular formula is C11H15NO2S. The number of thiocarbonyl (C=S) groups is 1. The molecule has 0 saturated carbocycles. The Labute approximate surface area is 94.9 Å². The number of aliphatic hydroxyl groups excluding tert-OH is 1. The first-order valence-electron chi connectivity index (χ1n) is 4.71. The average Bonchev–Trinajstić information content (AvgIpc) is 2.16. The Morgan fingerprint density at radius 3 is 2.33 bits per heavy atom. The van der Waals surface area contributed by atoms with Gasteiger partial charge in [0.1, 0.15) is 17.3 Å². The van der Waals surface area contributed by atoms with Crippen LogP contribution in [0.4, 0.5) is 0 Å². The predicted octanol–water partition coefficient (Wildman–Crippen LogP) is 1.31. The van der Waals surface area contributed by atoms with Gasteiger partial charge in [-0.2, -0.15) is 0 Å². The molecule has 1 aromatic rings. The highest BCUT2D eigenvalue weighted by Crippen LogP contribution is 2.24. The molecule has 15 heavy (non-hydrogen) atoms. The lowest BCUT2D eigenvalue weighted by atomic mass is 10.1. The zero-order valence-corrected chi connectivity index (χ0v) is 9.73. The van der Waals surface area contributed by atoms with Crippen LogP contribution in [0, 0.1) is 13.8 Å². The van der Waals surface area contributed by atoms with E-state index in [1.807, 2.05) is 26.0 Å². The summed E-state index contributed by atoms with van der Waals surface area (Å²) in [5.41, 5.74) is 8.35. The Morgan fingerprint density at radius 1 is 1.40 bits per heavy atom. The molecule has 82 valence electrons. The molecule has 0 radical (unpaired) electrons. The molecule has 0 aromatic heterocycles. The Morgan fingerprint density at radius 2 is 1.93 bits per heavy atom. The highest BCUT2D eigenvalue weighted by Gasteiger charge is 2.07. The van der Waals surface area contributed by atoms with Crippen LogP contribution in [0.15, 0.2) is 12.1 Å². The van der Waals surface area contributed by atoms with Gasteiger partial charge in [-0.3, -0.25) is 0 Å². The fraction of sp³-hybridized carbons (Fsp3) is 0.364. The molecule has 0 fully saturated rings. The largest absolute Gasteiger partial charge is 0.491 e. The van der Waals surface area contributed by atoms with Crippen molar-refractivity contribution in [2.75, 3.05) is 13.2 Å². The van der Waals surface area contributed by atoms with E-state index in [4.69, 9.17) is 27.8 Å². The van der Waals surface area contributed by atoms with Crippen molar-refractivity contribution in [2.45, 2.75) is 13.8 Å². The van der Waals surface area contributed by atoms with Gasteiger partial charge in [-0.15, -0.1) is 0 Å². The predicted molar refractivity (Wildman–Crippen MR) is 64.4 cm³/mol. The van der Waals surface area contributed by atoms with Crippen LogP contribution in [0.5, 0.6) is 5.75 Å². The van der Waals surface area contributed by atoms with E-state index in [0.29, 0.717) is 11.6 Å². The van der Waals surface area contributed by atoms with E-state index < -0.39 is 0 Å². The molecule has 1 aromatic carbocycles.